The maximum Gasteiger partial charge on any atom is 0.411 e. The van der Waals surface area contributed by atoms with Crippen LogP contribution in [-0.4, -0.2) is 55.1 Å². The SMILES string of the molecule is O=C(Nc1ccccc1F)N(CCO)CCOCC(F)(F)F. The molecule has 2 amide bonds. The van der Waals surface area contributed by atoms with Gasteiger partial charge >= 0.3 is 12.2 Å². The van der Waals surface area contributed by atoms with Gasteiger partial charge in [-0.05, 0) is 12.1 Å². The molecule has 0 saturated carbocycles. The van der Waals surface area contributed by atoms with Crippen molar-refractivity contribution in [3.05, 3.63) is 30.1 Å². The average Bonchev–Trinajstić information content (AvgIpc) is 2.43. The van der Waals surface area contributed by atoms with E-state index in [2.05, 4.69) is 10.1 Å². The standard InChI is InChI=1S/C13H16F4N2O3/c14-10-3-1-2-4-11(10)18-12(21)19(5-7-20)6-8-22-9-13(15,16)17/h1-4,20H,5-9H2,(H,18,21). The summed E-state index contributed by atoms with van der Waals surface area (Å²) < 4.78 is 53.6. The fourth-order valence-corrected chi connectivity index (χ4v) is 1.56. The molecule has 0 unspecified atom stereocenters. The van der Waals surface area contributed by atoms with E-state index < -0.39 is 24.6 Å². The Kier molecular flexibility index (Phi) is 7.06. The summed E-state index contributed by atoms with van der Waals surface area (Å²) in [5.41, 5.74) is -0.0633. The molecule has 9 heteroatoms. The Balaban J connectivity index is 2.51. The molecule has 1 rings (SSSR count). The number of alkyl halides is 3. The monoisotopic (exact) mass is 324 g/mol. The number of rotatable bonds is 7. The van der Waals surface area contributed by atoms with Crippen LogP contribution in [0.4, 0.5) is 28.0 Å². The highest BCUT2D eigenvalue weighted by Gasteiger charge is 2.27. The normalized spacial score (nSPS) is 11.3. The van der Waals surface area contributed by atoms with Gasteiger partial charge in [-0.1, -0.05) is 12.1 Å². The molecule has 0 saturated heterocycles. The molecule has 0 radical (unpaired) electrons. The van der Waals surface area contributed by atoms with Gasteiger partial charge in [0.05, 0.1) is 18.9 Å². The molecule has 22 heavy (non-hydrogen) atoms. The van der Waals surface area contributed by atoms with Gasteiger partial charge in [0, 0.05) is 13.1 Å². The molecule has 1 aromatic carbocycles. The van der Waals surface area contributed by atoms with Crippen molar-refractivity contribution in [3.63, 3.8) is 0 Å². The molecule has 0 aliphatic heterocycles. The molecule has 124 valence electrons. The Hall–Kier alpha value is -1.87. The number of aliphatic hydroxyl groups is 1. The van der Waals surface area contributed by atoms with Crippen LogP contribution in [0.25, 0.3) is 0 Å². The number of ether oxygens (including phenoxy) is 1. The van der Waals surface area contributed by atoms with Gasteiger partial charge in [-0.25, -0.2) is 9.18 Å². The van der Waals surface area contributed by atoms with Crippen molar-refractivity contribution in [1.29, 1.82) is 0 Å². The van der Waals surface area contributed by atoms with Crippen LogP contribution >= 0.6 is 0 Å². The quantitative estimate of drug-likeness (QED) is 0.597. The number of aliphatic hydroxyl groups excluding tert-OH is 1. The lowest BCUT2D eigenvalue weighted by molar-refractivity contribution is -0.174. The average molecular weight is 324 g/mol. The van der Waals surface area contributed by atoms with Crippen LogP contribution in [-0.2, 0) is 4.74 Å². The number of anilines is 1. The molecule has 0 fully saturated rings. The smallest absolute Gasteiger partial charge is 0.395 e. The van der Waals surface area contributed by atoms with Gasteiger partial charge in [-0.15, -0.1) is 0 Å². The first-order valence-corrected chi connectivity index (χ1v) is 6.39. The number of carbonyl (C=O) groups excluding carboxylic acids is 1. The van der Waals surface area contributed by atoms with Gasteiger partial charge in [0.2, 0.25) is 0 Å². The van der Waals surface area contributed by atoms with E-state index in [4.69, 9.17) is 5.11 Å². The van der Waals surface area contributed by atoms with Crippen LogP contribution in [0, 0.1) is 5.82 Å². The van der Waals surface area contributed by atoms with Crippen LogP contribution in [0.3, 0.4) is 0 Å². The largest absolute Gasteiger partial charge is 0.411 e. The van der Waals surface area contributed by atoms with E-state index in [1.807, 2.05) is 0 Å². The summed E-state index contributed by atoms with van der Waals surface area (Å²) in [6.07, 6.45) is -4.45. The van der Waals surface area contributed by atoms with Crippen molar-refractivity contribution in [3.8, 4) is 0 Å². The van der Waals surface area contributed by atoms with Gasteiger partial charge in [0.1, 0.15) is 12.4 Å². The molecule has 0 atom stereocenters. The van der Waals surface area contributed by atoms with Crippen molar-refractivity contribution in [2.45, 2.75) is 6.18 Å². The van der Waals surface area contributed by atoms with Crippen LogP contribution in [0.5, 0.6) is 0 Å². The number of amides is 2. The molecule has 1 aromatic rings. The van der Waals surface area contributed by atoms with Crippen LogP contribution < -0.4 is 5.32 Å². The third-order valence-corrected chi connectivity index (χ3v) is 2.54. The number of hydrogen-bond acceptors (Lipinski definition) is 3. The van der Waals surface area contributed by atoms with E-state index in [1.54, 1.807) is 0 Å². The van der Waals surface area contributed by atoms with Gasteiger partial charge in [-0.2, -0.15) is 13.2 Å². The fourth-order valence-electron chi connectivity index (χ4n) is 1.56. The van der Waals surface area contributed by atoms with Crippen molar-refractivity contribution >= 4 is 11.7 Å². The first kappa shape index (κ1) is 18.2. The third kappa shape index (κ3) is 6.72. The van der Waals surface area contributed by atoms with E-state index in [-0.39, 0.29) is 32.0 Å². The summed E-state index contributed by atoms with van der Waals surface area (Å²) in [5.74, 6) is -0.645. The number of nitrogens with one attached hydrogen (secondary N) is 1. The zero-order valence-electron chi connectivity index (χ0n) is 11.6. The number of carbonyl (C=O) groups is 1. The summed E-state index contributed by atoms with van der Waals surface area (Å²) in [5, 5.41) is 11.2. The van der Waals surface area contributed by atoms with Gasteiger partial charge < -0.3 is 20.1 Å². The van der Waals surface area contributed by atoms with Crippen LogP contribution in [0.2, 0.25) is 0 Å². The first-order chi connectivity index (χ1) is 10.3. The summed E-state index contributed by atoms with van der Waals surface area (Å²) in [6.45, 7) is -2.45. The van der Waals surface area contributed by atoms with Crippen molar-refractivity contribution in [1.82, 2.24) is 4.90 Å². The molecule has 0 aliphatic carbocycles. The molecule has 0 heterocycles. The van der Waals surface area contributed by atoms with Gasteiger partial charge in [0.15, 0.2) is 0 Å². The molecule has 5 nitrogen and oxygen atoms in total. The number of hydrogen-bond donors (Lipinski definition) is 2. The van der Waals surface area contributed by atoms with Crippen molar-refractivity contribution < 1.29 is 32.2 Å². The molecule has 0 aromatic heterocycles. The Labute approximate surface area is 124 Å². The van der Waals surface area contributed by atoms with Crippen LogP contribution in [0.15, 0.2) is 24.3 Å². The van der Waals surface area contributed by atoms with Crippen molar-refractivity contribution in [2.75, 3.05) is 38.2 Å². The molecular formula is C13H16F4N2O3. The van der Waals surface area contributed by atoms with Crippen molar-refractivity contribution in [2.24, 2.45) is 0 Å². The zero-order chi connectivity index (χ0) is 16.6. The predicted molar refractivity (Wildman–Crippen MR) is 71.0 cm³/mol. The highest BCUT2D eigenvalue weighted by Crippen LogP contribution is 2.15. The minimum absolute atomic E-state index is 0.0633. The third-order valence-electron chi connectivity index (χ3n) is 2.54. The zero-order valence-corrected chi connectivity index (χ0v) is 11.6. The number of urea groups is 1. The lowest BCUT2D eigenvalue weighted by atomic mass is 10.3. The molecule has 0 aliphatic rings. The summed E-state index contributed by atoms with van der Waals surface area (Å²) in [4.78, 5) is 12.9. The first-order valence-electron chi connectivity index (χ1n) is 6.39. The Morgan fingerprint density at radius 2 is 1.95 bits per heavy atom. The number of benzene rings is 1. The Bertz CT molecular complexity index is 483. The second-order valence-electron chi connectivity index (χ2n) is 4.29. The van der Waals surface area contributed by atoms with Gasteiger partial charge in [-0.3, -0.25) is 0 Å². The predicted octanol–water partition coefficient (Wildman–Crippen LogP) is 2.23. The minimum Gasteiger partial charge on any atom is -0.395 e. The molecule has 0 bridgehead atoms. The topological polar surface area (TPSA) is 61.8 Å². The van der Waals surface area contributed by atoms with Gasteiger partial charge in [0.25, 0.3) is 0 Å². The van der Waals surface area contributed by atoms with Crippen LogP contribution in [0.1, 0.15) is 0 Å². The minimum atomic E-state index is -4.45. The highest BCUT2D eigenvalue weighted by molar-refractivity contribution is 5.89. The van der Waals surface area contributed by atoms with E-state index in [1.165, 1.54) is 18.2 Å². The van der Waals surface area contributed by atoms with E-state index in [0.717, 1.165) is 11.0 Å². The summed E-state index contributed by atoms with van der Waals surface area (Å²) >= 11 is 0. The highest BCUT2D eigenvalue weighted by atomic mass is 19.4. The maximum absolute atomic E-state index is 13.4. The number of halogens is 4. The number of nitrogens with zero attached hydrogens (tertiary/aromatic N) is 1. The van der Waals surface area contributed by atoms with E-state index in [9.17, 15) is 22.4 Å². The van der Waals surface area contributed by atoms with E-state index >= 15 is 0 Å². The molecule has 2 N–H and O–H groups in total. The maximum atomic E-state index is 13.4. The van der Waals surface area contributed by atoms with E-state index in [0.29, 0.717) is 0 Å². The second kappa shape index (κ2) is 8.54. The lowest BCUT2D eigenvalue weighted by Gasteiger charge is -2.22. The second-order valence-corrected chi connectivity index (χ2v) is 4.29. The Morgan fingerprint density at radius 1 is 1.27 bits per heavy atom. The lowest BCUT2D eigenvalue weighted by Crippen LogP contribution is -2.39. The summed E-state index contributed by atoms with van der Waals surface area (Å²) in [7, 11) is 0. The number of para-hydroxylation sites is 1. The Morgan fingerprint density at radius 3 is 2.55 bits per heavy atom. The molecular weight excluding hydrogens is 308 g/mol. The molecule has 0 spiro atoms. The summed E-state index contributed by atoms with van der Waals surface area (Å²) in [6, 6.07) is 4.71. The fraction of sp³-hybridized carbons (Fsp3) is 0.462.